The smallest absolute Gasteiger partial charge is 0.226 e. The number of hydrogen-bond acceptors (Lipinski definition) is 20. The first-order valence-corrected chi connectivity index (χ1v) is 46.0. The minimum atomic E-state index is -0.872. The van der Waals surface area contributed by atoms with Crippen molar-refractivity contribution in [1.82, 2.24) is 95.7 Å². The van der Waals surface area contributed by atoms with Crippen LogP contribution in [0.2, 0.25) is 0 Å². The topological polar surface area (TPSA) is 502 Å². The molecule has 21 atom stereocenters. The van der Waals surface area contributed by atoms with Crippen LogP contribution in [0.1, 0.15) is 141 Å². The lowest BCUT2D eigenvalue weighted by Gasteiger charge is -2.28. The molecule has 21 N–H and O–H groups in total. The Hall–Kier alpha value is -10.7. The van der Waals surface area contributed by atoms with Crippen molar-refractivity contribution in [1.29, 1.82) is 0 Å². The summed E-state index contributed by atoms with van der Waals surface area (Å²) in [6, 6.07) is 23.3. The van der Waals surface area contributed by atoms with E-state index < -0.39 is 137 Å². The molecule has 3 aliphatic carbocycles. The van der Waals surface area contributed by atoms with Gasteiger partial charge in [0, 0.05) is 141 Å². The predicted molar refractivity (Wildman–Crippen MR) is 475 cm³/mol. The average Bonchev–Trinajstić information content (AvgIpc) is 1.61. The molecular weight excluding hydrogens is 1620 g/mol. The molecule has 34 heteroatoms. The summed E-state index contributed by atoms with van der Waals surface area (Å²) in [5.74, 6) is -11.3. The fourth-order valence-electron chi connectivity index (χ4n) is 20.1. The number of amides is 14. The summed E-state index contributed by atoms with van der Waals surface area (Å²) in [7, 11) is 0. The first-order valence-electron chi connectivity index (χ1n) is 46.0. The van der Waals surface area contributed by atoms with Crippen molar-refractivity contribution in [3.63, 3.8) is 0 Å². The molecule has 690 valence electrons. The molecule has 0 bridgehead atoms. The summed E-state index contributed by atoms with van der Waals surface area (Å²) >= 11 is 0. The average molecular weight is 1760 g/mol. The van der Waals surface area contributed by atoms with Crippen LogP contribution in [0.5, 0.6) is 5.75 Å². The van der Waals surface area contributed by atoms with Crippen LogP contribution >= 0.6 is 0 Å². The van der Waals surface area contributed by atoms with Crippen LogP contribution in [0.3, 0.4) is 0 Å². The van der Waals surface area contributed by atoms with Crippen molar-refractivity contribution in [2.45, 2.75) is 210 Å². The Balaban J connectivity index is 0.614. The maximum absolute atomic E-state index is 14.7. The van der Waals surface area contributed by atoms with E-state index in [2.05, 4.69) is 95.7 Å². The molecule has 5 saturated heterocycles. The van der Waals surface area contributed by atoms with Crippen molar-refractivity contribution < 1.29 is 72.2 Å². The Morgan fingerprint density at radius 3 is 1.22 bits per heavy atom. The van der Waals surface area contributed by atoms with E-state index in [0.717, 1.165) is 28.3 Å². The van der Waals surface area contributed by atoms with Gasteiger partial charge >= 0.3 is 0 Å². The Labute approximate surface area is 742 Å². The summed E-state index contributed by atoms with van der Waals surface area (Å²) in [6.07, 6.45) is 7.05. The monoisotopic (exact) mass is 1760 g/mol. The molecular formula is C93H133N19O15. The number of nitrogens with two attached hydrogens (primary N) is 1. The number of nitrogens with one attached hydrogen (secondary N) is 18. The van der Waals surface area contributed by atoms with Gasteiger partial charge in [-0.1, -0.05) is 132 Å². The van der Waals surface area contributed by atoms with Crippen LogP contribution in [0, 0.1) is 71.0 Å². The van der Waals surface area contributed by atoms with E-state index in [1.165, 1.54) is 19.1 Å². The number of benzene rings is 4. The highest BCUT2D eigenvalue weighted by Crippen LogP contribution is 2.32. The fraction of sp³-hybridized carbons (Fsp3) is 0.613. The van der Waals surface area contributed by atoms with E-state index in [4.69, 9.17) is 5.73 Å². The van der Waals surface area contributed by atoms with Crippen LogP contribution in [0.4, 0.5) is 0 Å². The highest BCUT2D eigenvalue weighted by Gasteiger charge is 2.46. The summed E-state index contributed by atoms with van der Waals surface area (Å²) in [5, 5.41) is 68.2. The Morgan fingerprint density at radius 2 is 0.732 bits per heavy atom. The maximum Gasteiger partial charge on any atom is 0.226 e. The third-order valence-corrected chi connectivity index (χ3v) is 26.8. The van der Waals surface area contributed by atoms with E-state index in [9.17, 15) is 72.2 Å². The molecule has 8 aliphatic rings. The zero-order chi connectivity index (χ0) is 90.4. The first-order chi connectivity index (χ1) is 61.0. The number of phenolic OH excluding ortho intramolecular Hbond substituents is 1. The molecule has 4 aromatic carbocycles. The molecule has 0 aromatic heterocycles. The Morgan fingerprint density at radius 1 is 0.354 bits per heavy atom. The van der Waals surface area contributed by atoms with Gasteiger partial charge in [0.1, 0.15) is 5.75 Å². The molecule has 16 unspecified atom stereocenters. The fourth-order valence-corrected chi connectivity index (χ4v) is 20.1. The van der Waals surface area contributed by atoms with E-state index in [1.54, 1.807) is 12.1 Å². The molecule has 127 heavy (non-hydrogen) atoms. The maximum atomic E-state index is 14.7. The standard InChI is InChI=1S/C93H133N19O15/c1-51(2)30-59(39-100-87(121)65-18-11-22-74(65)106-81(115)36-61(31-52(3)4)103-89(123)67-20-13-21-73(67)102-53(5)113)85(119)109-77-47-98-44-71(77)92(126)111-79-49-96-42-69(79)90(124)104-62(34-54-14-7-6-8-15-54)37-82(116)107-75-23-12-19-66(75)88(122)101-40-60(32-55-25-28-64(114)29-26-55)86(120)110-78-48-99-45-72(78)93(127)112-80-50-97-43-70(80)91(125)105-63(35-56-24-27-57-16-9-10-17-58(57)33-56)38-83(117)108-76-46-95-41-68(76)84(94)118/h6-10,14-17,24-29,33,51-52,59-63,65-80,95-99,114H,11-13,18-23,30-32,34-50H2,1-5H3,(H2,94,118)(H,100,121)(H,101,122)(H,102,113)(H,103,123)(H,104,124)(H,105,125)(H,106,115)(H,107,116)(H,108,117)(H,109,119)(H,110,120)(H,111,126)(H,112,127)/t59-,60-,61+,62+,63+,65?,66?,67?,68?,69?,70?,71?,72?,73?,74?,75?,76?,77?,78?,79?,80?/m1/s1. The van der Waals surface area contributed by atoms with Gasteiger partial charge in [0.05, 0.1) is 89.4 Å². The summed E-state index contributed by atoms with van der Waals surface area (Å²) < 4.78 is 0. The third kappa shape index (κ3) is 27.2. The van der Waals surface area contributed by atoms with Gasteiger partial charge in [-0.3, -0.25) is 67.1 Å². The number of primary amides is 1. The lowest BCUT2D eigenvalue weighted by atomic mass is 9.93. The van der Waals surface area contributed by atoms with E-state index in [1.807, 2.05) is 100 Å². The number of rotatable bonds is 41. The Bertz CT molecular complexity index is 4520. The highest BCUT2D eigenvalue weighted by molar-refractivity contribution is 5.91. The molecule has 0 radical (unpaired) electrons. The van der Waals surface area contributed by atoms with E-state index >= 15 is 0 Å². The van der Waals surface area contributed by atoms with Gasteiger partial charge < -0.3 is 107 Å². The number of carbonyl (C=O) groups excluding carboxylic acids is 14. The quantitative estimate of drug-likeness (QED) is 0.0270. The van der Waals surface area contributed by atoms with E-state index in [0.29, 0.717) is 95.8 Å². The molecule has 8 fully saturated rings. The SMILES string of the molecule is CC(=O)NC1CCCC1C(=O)N[C@H](CC(=O)NC1CCCC1C(=O)NC[C@@H](CC(C)C)C(=O)NC1CNCC1C(=O)NC1CNCC1C(=O)N[C@H](CC(=O)NC1CCCC1C(=O)NC[C@@H](Cc1ccc(O)cc1)C(=O)NC1CNCC1C(=O)NC1CNCC1C(=O)N[C@H](CC(=O)NC1CNCC1C(N)=O)Cc1ccc2ccccc2c1)Cc1ccccc1)CC(C)C. The van der Waals surface area contributed by atoms with E-state index in [-0.39, 0.29) is 180 Å². The Kier molecular flexibility index (Phi) is 34.4. The lowest BCUT2D eigenvalue weighted by molar-refractivity contribution is -0.132. The van der Waals surface area contributed by atoms with Crippen molar-refractivity contribution in [2.24, 2.45) is 76.7 Å². The zero-order valence-corrected chi connectivity index (χ0v) is 73.8. The van der Waals surface area contributed by atoms with Gasteiger partial charge in [-0.2, -0.15) is 0 Å². The van der Waals surface area contributed by atoms with Crippen LogP contribution < -0.4 is 101 Å². The minimum Gasteiger partial charge on any atom is -0.508 e. The minimum absolute atomic E-state index is 0.0230. The van der Waals surface area contributed by atoms with Gasteiger partial charge in [-0.25, -0.2) is 0 Å². The zero-order valence-electron chi connectivity index (χ0n) is 73.8. The number of fused-ring (bicyclic) bond motifs is 1. The molecule has 5 heterocycles. The third-order valence-electron chi connectivity index (χ3n) is 26.8. The van der Waals surface area contributed by atoms with Gasteiger partial charge in [0.2, 0.25) is 82.7 Å². The summed E-state index contributed by atoms with van der Waals surface area (Å²) in [4.78, 5) is 195. The predicted octanol–water partition coefficient (Wildman–Crippen LogP) is -0.364. The number of aromatic hydroxyl groups is 1. The second kappa shape index (κ2) is 45.8. The summed E-state index contributed by atoms with van der Waals surface area (Å²) in [6.45, 7) is 12.1. The molecule has 34 nitrogen and oxygen atoms in total. The molecule has 0 spiro atoms. The largest absolute Gasteiger partial charge is 0.508 e. The van der Waals surface area contributed by atoms with Crippen LogP contribution in [-0.4, -0.2) is 233 Å². The second-order valence-corrected chi connectivity index (χ2v) is 37.4. The second-order valence-electron chi connectivity index (χ2n) is 37.4. The molecule has 12 rings (SSSR count). The molecule has 5 aliphatic heterocycles. The van der Waals surface area contributed by atoms with Crippen LogP contribution in [-0.2, 0) is 86.4 Å². The lowest BCUT2D eigenvalue weighted by Crippen LogP contribution is -2.54. The van der Waals surface area contributed by atoms with Gasteiger partial charge in [0.15, 0.2) is 0 Å². The van der Waals surface area contributed by atoms with Crippen molar-refractivity contribution >= 4 is 93.5 Å². The van der Waals surface area contributed by atoms with Crippen molar-refractivity contribution in [3.05, 3.63) is 114 Å². The number of carbonyl (C=O) groups is 14. The van der Waals surface area contributed by atoms with Crippen LogP contribution in [0.25, 0.3) is 10.8 Å². The van der Waals surface area contributed by atoms with Crippen molar-refractivity contribution in [2.75, 3.05) is 78.5 Å². The summed E-state index contributed by atoms with van der Waals surface area (Å²) in [5.41, 5.74) is 8.10. The molecule has 3 saturated carbocycles. The molecule has 4 aromatic rings. The van der Waals surface area contributed by atoms with Gasteiger partial charge in [-0.05, 0) is 122 Å². The molecule has 14 amide bonds. The first kappa shape index (κ1) is 95.4. The highest BCUT2D eigenvalue weighted by atomic mass is 16.3. The number of hydrogen-bond donors (Lipinski definition) is 20. The van der Waals surface area contributed by atoms with Gasteiger partial charge in [0.25, 0.3) is 0 Å². The van der Waals surface area contributed by atoms with Crippen LogP contribution in [0.15, 0.2) is 97.1 Å². The van der Waals surface area contributed by atoms with Crippen molar-refractivity contribution in [3.8, 4) is 5.75 Å². The van der Waals surface area contributed by atoms with Gasteiger partial charge in [-0.15, -0.1) is 0 Å². The normalized spacial score (nSPS) is 26.7. The number of phenols is 1.